The van der Waals surface area contributed by atoms with Crippen molar-refractivity contribution in [3.8, 4) is 5.75 Å². The number of Topliss-reactive ketones (excluding diaryl/α,β-unsaturated/α-hetero) is 1. The molecule has 3 heteroatoms. The average molecular weight is 267 g/mol. The highest BCUT2D eigenvalue weighted by Crippen LogP contribution is 2.29. The Kier molecular flexibility index (Phi) is 3.77. The fraction of sp³-hybridized carbons (Fsp3) is 0.294. The number of hydrogen-bond acceptors (Lipinski definition) is 3. The van der Waals surface area contributed by atoms with Gasteiger partial charge in [-0.1, -0.05) is 18.2 Å². The van der Waals surface area contributed by atoms with Crippen LogP contribution in [-0.2, 0) is 12.8 Å². The van der Waals surface area contributed by atoms with Crippen LogP contribution in [-0.4, -0.2) is 17.4 Å². The molecule has 1 aromatic carbocycles. The number of aryl methyl sites for hydroxylation is 2. The third-order valence-electron chi connectivity index (χ3n) is 3.60. The maximum Gasteiger partial charge on any atom is 0.166 e. The summed E-state index contributed by atoms with van der Waals surface area (Å²) < 4.78 is 5.69. The van der Waals surface area contributed by atoms with Crippen molar-refractivity contribution >= 4 is 5.78 Å². The number of nitrogens with zero attached hydrogens (tertiary/aromatic N) is 1. The maximum absolute atomic E-state index is 12.4. The Bertz CT molecular complexity index is 608. The van der Waals surface area contributed by atoms with Crippen LogP contribution >= 0.6 is 0 Å². The molecule has 2 aromatic rings. The van der Waals surface area contributed by atoms with E-state index >= 15 is 0 Å². The number of pyridine rings is 1. The van der Waals surface area contributed by atoms with Crippen molar-refractivity contribution in [2.45, 2.75) is 25.7 Å². The van der Waals surface area contributed by atoms with E-state index in [0.29, 0.717) is 13.0 Å². The number of aromatic nitrogens is 1. The van der Waals surface area contributed by atoms with Gasteiger partial charge in [0, 0.05) is 18.8 Å². The number of ether oxygens (including phenoxy) is 1. The summed E-state index contributed by atoms with van der Waals surface area (Å²) in [4.78, 5) is 16.5. The number of rotatable bonds is 4. The van der Waals surface area contributed by atoms with Gasteiger partial charge in [-0.2, -0.15) is 0 Å². The van der Waals surface area contributed by atoms with Crippen molar-refractivity contribution in [1.29, 1.82) is 0 Å². The first-order chi connectivity index (χ1) is 9.84. The van der Waals surface area contributed by atoms with Crippen molar-refractivity contribution in [1.82, 2.24) is 4.98 Å². The van der Waals surface area contributed by atoms with Crippen LogP contribution < -0.4 is 4.74 Å². The van der Waals surface area contributed by atoms with Crippen molar-refractivity contribution < 1.29 is 9.53 Å². The van der Waals surface area contributed by atoms with Gasteiger partial charge < -0.3 is 4.74 Å². The van der Waals surface area contributed by atoms with Gasteiger partial charge in [0.25, 0.3) is 0 Å². The van der Waals surface area contributed by atoms with Crippen LogP contribution in [0.1, 0.15) is 34.3 Å². The van der Waals surface area contributed by atoms with Crippen LogP contribution in [0.5, 0.6) is 5.75 Å². The number of ketones is 1. The van der Waals surface area contributed by atoms with E-state index in [2.05, 4.69) is 4.98 Å². The number of hydrogen-bond donors (Lipinski definition) is 0. The minimum Gasteiger partial charge on any atom is -0.493 e. The molecule has 0 radical (unpaired) electrons. The van der Waals surface area contributed by atoms with Crippen LogP contribution in [0.15, 0.2) is 42.7 Å². The first-order valence-corrected chi connectivity index (χ1v) is 7.01. The third-order valence-corrected chi connectivity index (χ3v) is 3.60. The molecule has 0 saturated heterocycles. The first-order valence-electron chi connectivity index (χ1n) is 7.01. The molecule has 3 rings (SSSR count). The van der Waals surface area contributed by atoms with Gasteiger partial charge in [0.15, 0.2) is 5.78 Å². The molecule has 2 heterocycles. The van der Waals surface area contributed by atoms with Gasteiger partial charge >= 0.3 is 0 Å². The molecule has 0 saturated carbocycles. The zero-order valence-corrected chi connectivity index (χ0v) is 11.3. The molecule has 0 spiro atoms. The Morgan fingerprint density at radius 3 is 3.05 bits per heavy atom. The van der Waals surface area contributed by atoms with E-state index in [1.165, 1.54) is 0 Å². The summed E-state index contributed by atoms with van der Waals surface area (Å²) in [7, 11) is 0. The van der Waals surface area contributed by atoms with Gasteiger partial charge in [-0.15, -0.1) is 0 Å². The molecule has 102 valence electrons. The summed E-state index contributed by atoms with van der Waals surface area (Å²) >= 11 is 0. The lowest BCUT2D eigenvalue weighted by molar-refractivity contribution is 0.0978. The summed E-state index contributed by atoms with van der Waals surface area (Å²) in [5.41, 5.74) is 2.97. The standard InChI is InChI=1S/C17H17NO2/c19-16(9-8-13-4-2-10-18-12-13)15-7-1-5-14-6-3-11-20-17(14)15/h1-2,4-5,7,10,12H,3,6,8-9,11H2. The molecule has 0 unspecified atom stereocenters. The third kappa shape index (κ3) is 2.72. The van der Waals surface area contributed by atoms with Gasteiger partial charge in [0.1, 0.15) is 5.75 Å². The summed E-state index contributed by atoms with van der Waals surface area (Å²) in [5.74, 6) is 0.947. The lowest BCUT2D eigenvalue weighted by Crippen LogP contribution is -2.13. The Balaban J connectivity index is 1.74. The minimum absolute atomic E-state index is 0.146. The normalized spacial score (nSPS) is 13.4. The molecule has 3 nitrogen and oxygen atoms in total. The Labute approximate surface area is 118 Å². The molecule has 0 N–H and O–H groups in total. The Morgan fingerprint density at radius 2 is 2.20 bits per heavy atom. The van der Waals surface area contributed by atoms with E-state index in [4.69, 9.17) is 4.74 Å². The SMILES string of the molecule is O=C(CCc1cccnc1)c1cccc2c1OCCC2. The second-order valence-electron chi connectivity index (χ2n) is 5.03. The zero-order valence-electron chi connectivity index (χ0n) is 11.3. The second kappa shape index (κ2) is 5.87. The Morgan fingerprint density at radius 1 is 1.25 bits per heavy atom. The van der Waals surface area contributed by atoms with Crippen molar-refractivity contribution in [3.63, 3.8) is 0 Å². The predicted molar refractivity (Wildman–Crippen MR) is 77.1 cm³/mol. The molecule has 1 aromatic heterocycles. The molecular formula is C17H17NO2. The molecule has 0 atom stereocenters. The van der Waals surface area contributed by atoms with E-state index in [1.54, 1.807) is 6.20 Å². The van der Waals surface area contributed by atoms with Crippen molar-refractivity contribution in [3.05, 3.63) is 59.4 Å². The van der Waals surface area contributed by atoms with Crippen LogP contribution in [0.2, 0.25) is 0 Å². The van der Waals surface area contributed by atoms with E-state index in [9.17, 15) is 4.79 Å². The van der Waals surface area contributed by atoms with E-state index in [0.717, 1.165) is 41.7 Å². The summed E-state index contributed by atoms with van der Waals surface area (Å²) in [6.45, 7) is 0.708. The summed E-state index contributed by atoms with van der Waals surface area (Å²) in [6, 6.07) is 9.76. The molecule has 1 aliphatic heterocycles. The topological polar surface area (TPSA) is 39.2 Å². The largest absolute Gasteiger partial charge is 0.493 e. The van der Waals surface area contributed by atoms with Gasteiger partial charge in [-0.05, 0) is 42.5 Å². The summed E-state index contributed by atoms with van der Waals surface area (Å²) in [5, 5.41) is 0. The lowest BCUT2D eigenvalue weighted by Gasteiger charge is -2.19. The fourth-order valence-corrected chi connectivity index (χ4v) is 2.55. The first kappa shape index (κ1) is 12.9. The number of benzene rings is 1. The van der Waals surface area contributed by atoms with Crippen molar-refractivity contribution in [2.75, 3.05) is 6.61 Å². The molecule has 0 bridgehead atoms. The number of fused-ring (bicyclic) bond motifs is 1. The highest BCUT2D eigenvalue weighted by Gasteiger charge is 2.18. The minimum atomic E-state index is 0.146. The summed E-state index contributed by atoms with van der Waals surface area (Å²) in [6.07, 6.45) is 6.79. The quantitative estimate of drug-likeness (QED) is 0.798. The highest BCUT2D eigenvalue weighted by molar-refractivity contribution is 5.99. The average Bonchev–Trinajstić information content (AvgIpc) is 2.53. The van der Waals surface area contributed by atoms with E-state index < -0.39 is 0 Å². The smallest absolute Gasteiger partial charge is 0.166 e. The Hall–Kier alpha value is -2.16. The zero-order chi connectivity index (χ0) is 13.8. The van der Waals surface area contributed by atoms with E-state index in [1.807, 2.05) is 36.5 Å². The van der Waals surface area contributed by atoms with Gasteiger partial charge in [0.2, 0.25) is 0 Å². The van der Waals surface area contributed by atoms with E-state index in [-0.39, 0.29) is 5.78 Å². The number of carbonyl (C=O) groups is 1. The fourth-order valence-electron chi connectivity index (χ4n) is 2.55. The van der Waals surface area contributed by atoms with Crippen LogP contribution in [0.3, 0.4) is 0 Å². The number of carbonyl (C=O) groups excluding carboxylic acids is 1. The van der Waals surface area contributed by atoms with Gasteiger partial charge in [0.05, 0.1) is 12.2 Å². The number of para-hydroxylation sites is 1. The highest BCUT2D eigenvalue weighted by atomic mass is 16.5. The van der Waals surface area contributed by atoms with Crippen LogP contribution in [0.25, 0.3) is 0 Å². The monoisotopic (exact) mass is 267 g/mol. The van der Waals surface area contributed by atoms with Crippen LogP contribution in [0.4, 0.5) is 0 Å². The molecular weight excluding hydrogens is 250 g/mol. The van der Waals surface area contributed by atoms with Gasteiger partial charge in [-0.3, -0.25) is 9.78 Å². The van der Waals surface area contributed by atoms with Gasteiger partial charge in [-0.25, -0.2) is 0 Å². The molecule has 1 aliphatic rings. The maximum atomic E-state index is 12.4. The second-order valence-corrected chi connectivity index (χ2v) is 5.03. The molecule has 0 aliphatic carbocycles. The molecule has 0 amide bonds. The molecule has 20 heavy (non-hydrogen) atoms. The lowest BCUT2D eigenvalue weighted by atomic mass is 9.97. The van der Waals surface area contributed by atoms with Crippen molar-refractivity contribution in [2.24, 2.45) is 0 Å². The molecule has 0 fully saturated rings. The van der Waals surface area contributed by atoms with Crippen LogP contribution in [0, 0.1) is 0 Å². The predicted octanol–water partition coefficient (Wildman–Crippen LogP) is 3.22.